The van der Waals surface area contributed by atoms with E-state index in [1.807, 2.05) is 30.6 Å². The zero-order valence-electron chi connectivity index (χ0n) is 15.1. The molecule has 3 aromatic heterocycles. The van der Waals surface area contributed by atoms with Gasteiger partial charge in [-0.15, -0.1) is 0 Å². The molecule has 0 saturated carbocycles. The lowest BCUT2D eigenvalue weighted by atomic mass is 10.0. The second kappa shape index (κ2) is 7.01. The van der Waals surface area contributed by atoms with E-state index in [1.165, 1.54) is 12.1 Å². The molecular formula is C21H18FN5O. The van der Waals surface area contributed by atoms with Crippen molar-refractivity contribution in [1.29, 1.82) is 0 Å². The topological polar surface area (TPSA) is 70.8 Å². The van der Waals surface area contributed by atoms with E-state index in [4.69, 9.17) is 4.42 Å². The predicted octanol–water partition coefficient (Wildman–Crippen LogP) is 3.82. The number of aromatic nitrogens is 4. The Labute approximate surface area is 161 Å². The third-order valence-electron chi connectivity index (χ3n) is 4.98. The van der Waals surface area contributed by atoms with Crippen molar-refractivity contribution in [3.63, 3.8) is 0 Å². The number of furan rings is 1. The molecule has 7 heteroatoms. The summed E-state index contributed by atoms with van der Waals surface area (Å²) in [7, 11) is 0. The second-order valence-corrected chi connectivity index (χ2v) is 6.88. The molecule has 0 unspecified atom stereocenters. The Hall–Kier alpha value is -3.32. The van der Waals surface area contributed by atoms with E-state index in [-0.39, 0.29) is 5.82 Å². The summed E-state index contributed by atoms with van der Waals surface area (Å²) < 4.78 is 19.0. The van der Waals surface area contributed by atoms with Gasteiger partial charge in [0.1, 0.15) is 5.82 Å². The van der Waals surface area contributed by atoms with Crippen LogP contribution in [-0.4, -0.2) is 31.6 Å². The standard InChI is InChI=1S/C21H18FN5O/c22-17-4-1-3-14(9-17)20-16(11-24-26-20)13-27-7-6-18-15(12-27)10-23-21(25-18)19-5-2-8-28-19/h1-5,8-11H,6-7,12-13H2,(H,24,26). The summed E-state index contributed by atoms with van der Waals surface area (Å²) in [6.07, 6.45) is 6.17. The Morgan fingerprint density at radius 1 is 1.18 bits per heavy atom. The largest absolute Gasteiger partial charge is 0.461 e. The first kappa shape index (κ1) is 16.8. The van der Waals surface area contributed by atoms with Gasteiger partial charge in [0, 0.05) is 48.9 Å². The van der Waals surface area contributed by atoms with Crippen LogP contribution in [0.15, 0.2) is 59.5 Å². The third kappa shape index (κ3) is 3.20. The lowest BCUT2D eigenvalue weighted by Gasteiger charge is -2.27. The van der Waals surface area contributed by atoms with Crippen molar-refractivity contribution in [3.05, 3.63) is 77.7 Å². The van der Waals surface area contributed by atoms with Gasteiger partial charge in [0.05, 0.1) is 23.8 Å². The average Bonchev–Trinajstić information content (AvgIpc) is 3.40. The average molecular weight is 375 g/mol. The number of benzene rings is 1. The Morgan fingerprint density at radius 3 is 3.00 bits per heavy atom. The first-order valence-corrected chi connectivity index (χ1v) is 9.15. The first-order valence-electron chi connectivity index (χ1n) is 9.15. The smallest absolute Gasteiger partial charge is 0.195 e. The molecule has 6 nitrogen and oxygen atoms in total. The van der Waals surface area contributed by atoms with E-state index in [0.29, 0.717) is 11.6 Å². The molecule has 1 aliphatic rings. The molecule has 4 aromatic rings. The van der Waals surface area contributed by atoms with Crippen LogP contribution in [0.2, 0.25) is 0 Å². The molecule has 0 spiro atoms. The highest BCUT2D eigenvalue weighted by Crippen LogP contribution is 2.26. The van der Waals surface area contributed by atoms with Crippen LogP contribution < -0.4 is 0 Å². The fraction of sp³-hybridized carbons (Fsp3) is 0.190. The van der Waals surface area contributed by atoms with Gasteiger partial charge in [-0.1, -0.05) is 12.1 Å². The Morgan fingerprint density at radius 2 is 2.14 bits per heavy atom. The number of nitrogens with one attached hydrogen (secondary N) is 1. The van der Waals surface area contributed by atoms with Crippen molar-refractivity contribution in [2.45, 2.75) is 19.5 Å². The molecule has 0 radical (unpaired) electrons. The summed E-state index contributed by atoms with van der Waals surface area (Å²) in [5.41, 5.74) is 4.89. The Kier molecular flexibility index (Phi) is 4.21. The van der Waals surface area contributed by atoms with Crippen molar-refractivity contribution in [2.75, 3.05) is 6.54 Å². The number of nitrogens with zero attached hydrogens (tertiary/aromatic N) is 4. The van der Waals surface area contributed by atoms with E-state index >= 15 is 0 Å². The van der Waals surface area contributed by atoms with Crippen molar-refractivity contribution >= 4 is 0 Å². The fourth-order valence-electron chi connectivity index (χ4n) is 3.60. The van der Waals surface area contributed by atoms with Crippen LogP contribution >= 0.6 is 0 Å². The minimum atomic E-state index is -0.255. The summed E-state index contributed by atoms with van der Waals surface area (Å²) in [4.78, 5) is 11.4. The molecule has 1 aliphatic heterocycles. The number of H-pyrrole nitrogens is 1. The van der Waals surface area contributed by atoms with Gasteiger partial charge in [0.2, 0.25) is 0 Å². The normalized spacial score (nSPS) is 14.2. The van der Waals surface area contributed by atoms with E-state index in [0.717, 1.165) is 54.1 Å². The molecule has 0 saturated heterocycles. The van der Waals surface area contributed by atoms with Crippen molar-refractivity contribution < 1.29 is 8.81 Å². The molecule has 0 aliphatic carbocycles. The minimum Gasteiger partial charge on any atom is -0.461 e. The molecule has 0 amide bonds. The van der Waals surface area contributed by atoms with Crippen LogP contribution in [-0.2, 0) is 19.5 Å². The molecule has 0 atom stereocenters. The van der Waals surface area contributed by atoms with Crippen LogP contribution in [0.5, 0.6) is 0 Å². The van der Waals surface area contributed by atoms with E-state index < -0.39 is 0 Å². The van der Waals surface area contributed by atoms with Gasteiger partial charge < -0.3 is 4.42 Å². The molecule has 140 valence electrons. The molecule has 1 aromatic carbocycles. The summed E-state index contributed by atoms with van der Waals surface area (Å²) in [5.74, 6) is 1.05. The Bertz CT molecular complexity index is 1110. The molecule has 28 heavy (non-hydrogen) atoms. The van der Waals surface area contributed by atoms with Gasteiger partial charge in [0.15, 0.2) is 11.6 Å². The summed E-state index contributed by atoms with van der Waals surface area (Å²) in [5, 5.41) is 7.17. The van der Waals surface area contributed by atoms with Crippen LogP contribution in [0.3, 0.4) is 0 Å². The number of hydrogen-bond acceptors (Lipinski definition) is 5. The number of halogens is 1. The maximum atomic E-state index is 13.6. The fourth-order valence-corrected chi connectivity index (χ4v) is 3.60. The highest BCUT2D eigenvalue weighted by molar-refractivity contribution is 5.62. The maximum absolute atomic E-state index is 13.6. The molecule has 0 bridgehead atoms. The highest BCUT2D eigenvalue weighted by Gasteiger charge is 2.21. The molecule has 0 fully saturated rings. The van der Waals surface area contributed by atoms with E-state index in [2.05, 4.69) is 25.1 Å². The van der Waals surface area contributed by atoms with Gasteiger partial charge in [-0.3, -0.25) is 10.00 Å². The number of hydrogen-bond donors (Lipinski definition) is 1. The number of aromatic amines is 1. The Balaban J connectivity index is 1.35. The molecule has 4 heterocycles. The quantitative estimate of drug-likeness (QED) is 0.587. The highest BCUT2D eigenvalue weighted by atomic mass is 19.1. The molecular weight excluding hydrogens is 357 g/mol. The van der Waals surface area contributed by atoms with Crippen LogP contribution in [0.4, 0.5) is 4.39 Å². The van der Waals surface area contributed by atoms with Crippen molar-refractivity contribution in [2.24, 2.45) is 0 Å². The van der Waals surface area contributed by atoms with Gasteiger partial charge >= 0.3 is 0 Å². The molecule has 1 N–H and O–H groups in total. The van der Waals surface area contributed by atoms with Crippen LogP contribution in [0.25, 0.3) is 22.8 Å². The zero-order valence-corrected chi connectivity index (χ0v) is 15.1. The van der Waals surface area contributed by atoms with Crippen molar-refractivity contribution in [1.82, 2.24) is 25.1 Å². The first-order chi connectivity index (χ1) is 13.8. The number of fused-ring (bicyclic) bond motifs is 1. The van der Waals surface area contributed by atoms with Gasteiger partial charge in [0.25, 0.3) is 0 Å². The van der Waals surface area contributed by atoms with Crippen LogP contribution in [0.1, 0.15) is 16.8 Å². The zero-order chi connectivity index (χ0) is 18.9. The number of rotatable bonds is 4. The van der Waals surface area contributed by atoms with Crippen LogP contribution in [0, 0.1) is 5.82 Å². The van der Waals surface area contributed by atoms with Crippen molar-refractivity contribution in [3.8, 4) is 22.8 Å². The summed E-state index contributed by atoms with van der Waals surface area (Å²) >= 11 is 0. The second-order valence-electron chi connectivity index (χ2n) is 6.88. The van der Waals surface area contributed by atoms with Gasteiger partial charge in [-0.25, -0.2) is 14.4 Å². The summed E-state index contributed by atoms with van der Waals surface area (Å²) in [6, 6.07) is 10.3. The summed E-state index contributed by atoms with van der Waals surface area (Å²) in [6.45, 7) is 2.37. The minimum absolute atomic E-state index is 0.255. The lowest BCUT2D eigenvalue weighted by molar-refractivity contribution is 0.243. The van der Waals surface area contributed by atoms with Gasteiger partial charge in [-0.2, -0.15) is 5.10 Å². The SMILES string of the molecule is Fc1cccc(-c2[nH]ncc2CN2CCc3nc(-c4ccco4)ncc3C2)c1. The van der Waals surface area contributed by atoms with E-state index in [9.17, 15) is 4.39 Å². The monoisotopic (exact) mass is 375 g/mol. The van der Waals surface area contributed by atoms with E-state index in [1.54, 1.807) is 12.3 Å². The maximum Gasteiger partial charge on any atom is 0.195 e. The van der Waals surface area contributed by atoms with Gasteiger partial charge in [-0.05, 0) is 24.3 Å². The third-order valence-corrected chi connectivity index (χ3v) is 4.98. The predicted molar refractivity (Wildman–Crippen MR) is 102 cm³/mol. The molecule has 5 rings (SSSR count). The lowest BCUT2D eigenvalue weighted by Crippen LogP contribution is -2.31.